The second kappa shape index (κ2) is 6.58. The van der Waals surface area contributed by atoms with Crippen LogP contribution in [0.1, 0.15) is 72.1 Å². The van der Waals surface area contributed by atoms with Gasteiger partial charge < -0.3 is 10.1 Å². The standard InChI is InChI=1S/C17H33NO/c1-13(2)11-14(3)19-16-12-15(18-4)17(16)9-7-5-6-8-10-17/h13-16,18H,5-12H2,1-4H3. The first-order chi connectivity index (χ1) is 9.08. The molecule has 0 aromatic rings. The minimum atomic E-state index is 0.419. The maximum absolute atomic E-state index is 6.44. The first-order valence-electron chi connectivity index (χ1n) is 8.41. The molecule has 0 amide bonds. The van der Waals surface area contributed by atoms with Crippen LogP contribution in [0.25, 0.3) is 0 Å². The zero-order valence-corrected chi connectivity index (χ0v) is 13.4. The van der Waals surface area contributed by atoms with E-state index in [4.69, 9.17) is 4.74 Å². The van der Waals surface area contributed by atoms with Crippen molar-refractivity contribution < 1.29 is 4.74 Å². The molecular formula is C17H33NO. The van der Waals surface area contributed by atoms with Crippen molar-refractivity contribution in [1.82, 2.24) is 5.32 Å². The van der Waals surface area contributed by atoms with E-state index in [-0.39, 0.29) is 0 Å². The fourth-order valence-corrected chi connectivity index (χ4v) is 4.40. The maximum Gasteiger partial charge on any atom is 0.0664 e. The van der Waals surface area contributed by atoms with Crippen molar-refractivity contribution in [3.05, 3.63) is 0 Å². The third-order valence-corrected chi connectivity index (χ3v) is 5.37. The molecule has 0 heterocycles. The number of nitrogens with one attached hydrogen (secondary N) is 1. The van der Waals surface area contributed by atoms with Crippen molar-refractivity contribution >= 4 is 0 Å². The van der Waals surface area contributed by atoms with Gasteiger partial charge in [-0.05, 0) is 45.6 Å². The highest BCUT2D eigenvalue weighted by Gasteiger charge is 2.54. The quantitative estimate of drug-likeness (QED) is 0.808. The van der Waals surface area contributed by atoms with Crippen molar-refractivity contribution in [3.8, 4) is 0 Å². The molecule has 0 radical (unpaired) electrons. The van der Waals surface area contributed by atoms with Gasteiger partial charge in [-0.1, -0.05) is 39.5 Å². The van der Waals surface area contributed by atoms with Gasteiger partial charge in [0.25, 0.3) is 0 Å². The van der Waals surface area contributed by atoms with E-state index in [9.17, 15) is 0 Å². The minimum Gasteiger partial charge on any atom is -0.375 e. The van der Waals surface area contributed by atoms with Crippen LogP contribution >= 0.6 is 0 Å². The van der Waals surface area contributed by atoms with Crippen LogP contribution in [0.2, 0.25) is 0 Å². The molecule has 2 nitrogen and oxygen atoms in total. The Hall–Kier alpha value is -0.0800. The van der Waals surface area contributed by atoms with Crippen LogP contribution in [-0.2, 0) is 4.74 Å². The monoisotopic (exact) mass is 267 g/mol. The maximum atomic E-state index is 6.44. The summed E-state index contributed by atoms with van der Waals surface area (Å²) in [6.07, 6.45) is 11.7. The second-order valence-corrected chi connectivity index (χ2v) is 7.29. The summed E-state index contributed by atoms with van der Waals surface area (Å²) in [4.78, 5) is 0. The number of rotatable bonds is 5. The number of ether oxygens (including phenoxy) is 1. The zero-order chi connectivity index (χ0) is 13.9. The molecule has 1 N–H and O–H groups in total. The predicted octanol–water partition coefficient (Wildman–Crippen LogP) is 4.14. The summed E-state index contributed by atoms with van der Waals surface area (Å²) in [5.74, 6) is 0.736. The van der Waals surface area contributed by atoms with E-state index in [2.05, 4.69) is 33.1 Å². The Morgan fingerprint density at radius 1 is 1.11 bits per heavy atom. The summed E-state index contributed by atoms with van der Waals surface area (Å²) < 4.78 is 6.44. The Balaban J connectivity index is 1.96. The third-order valence-electron chi connectivity index (χ3n) is 5.37. The third kappa shape index (κ3) is 3.33. The molecule has 3 unspecified atom stereocenters. The van der Waals surface area contributed by atoms with Crippen molar-refractivity contribution in [2.45, 2.75) is 90.4 Å². The van der Waals surface area contributed by atoms with Crippen LogP contribution in [0.3, 0.4) is 0 Å². The lowest BCUT2D eigenvalue weighted by Gasteiger charge is -2.56. The Kier molecular flexibility index (Phi) is 5.30. The van der Waals surface area contributed by atoms with Crippen LogP contribution in [0, 0.1) is 11.3 Å². The molecule has 112 valence electrons. The van der Waals surface area contributed by atoms with E-state index in [0.717, 1.165) is 5.92 Å². The normalized spacial score (nSPS) is 32.1. The van der Waals surface area contributed by atoms with Crippen molar-refractivity contribution in [2.24, 2.45) is 11.3 Å². The van der Waals surface area contributed by atoms with Gasteiger partial charge in [-0.15, -0.1) is 0 Å². The average Bonchev–Trinajstić information content (AvgIpc) is 2.60. The van der Waals surface area contributed by atoms with E-state index < -0.39 is 0 Å². The molecule has 2 saturated carbocycles. The molecule has 19 heavy (non-hydrogen) atoms. The molecule has 2 rings (SSSR count). The zero-order valence-electron chi connectivity index (χ0n) is 13.4. The number of hydrogen-bond donors (Lipinski definition) is 1. The smallest absolute Gasteiger partial charge is 0.0664 e. The first kappa shape index (κ1) is 15.3. The molecule has 2 aliphatic carbocycles. The predicted molar refractivity (Wildman–Crippen MR) is 81.4 cm³/mol. The molecule has 2 heteroatoms. The molecule has 3 atom stereocenters. The highest BCUT2D eigenvalue weighted by atomic mass is 16.5. The summed E-state index contributed by atoms with van der Waals surface area (Å²) in [7, 11) is 2.13. The summed E-state index contributed by atoms with van der Waals surface area (Å²) >= 11 is 0. The molecule has 0 saturated heterocycles. The molecule has 1 spiro atoms. The average molecular weight is 267 g/mol. The molecule has 2 aliphatic rings. The lowest BCUT2D eigenvalue weighted by atomic mass is 9.57. The van der Waals surface area contributed by atoms with Gasteiger partial charge in [0.15, 0.2) is 0 Å². The van der Waals surface area contributed by atoms with Crippen molar-refractivity contribution in [3.63, 3.8) is 0 Å². The Morgan fingerprint density at radius 2 is 1.74 bits per heavy atom. The van der Waals surface area contributed by atoms with Gasteiger partial charge in [0, 0.05) is 11.5 Å². The second-order valence-electron chi connectivity index (χ2n) is 7.29. The van der Waals surface area contributed by atoms with Crippen molar-refractivity contribution in [2.75, 3.05) is 7.05 Å². The summed E-state index contributed by atoms with van der Waals surface area (Å²) in [6.45, 7) is 6.84. The Labute approximate surface area is 119 Å². The fourth-order valence-electron chi connectivity index (χ4n) is 4.40. The summed E-state index contributed by atoms with van der Waals surface area (Å²) in [5.41, 5.74) is 0.455. The molecule has 2 fully saturated rings. The van der Waals surface area contributed by atoms with E-state index >= 15 is 0 Å². The molecule has 0 aliphatic heterocycles. The van der Waals surface area contributed by atoms with Gasteiger partial charge in [0.2, 0.25) is 0 Å². The van der Waals surface area contributed by atoms with E-state index in [1.807, 2.05) is 0 Å². The van der Waals surface area contributed by atoms with Crippen LogP contribution in [0.15, 0.2) is 0 Å². The fraction of sp³-hybridized carbons (Fsp3) is 1.00. The van der Waals surface area contributed by atoms with Crippen LogP contribution < -0.4 is 5.32 Å². The molecule has 0 bridgehead atoms. The van der Waals surface area contributed by atoms with Gasteiger partial charge in [-0.25, -0.2) is 0 Å². The van der Waals surface area contributed by atoms with E-state index in [0.29, 0.717) is 23.7 Å². The van der Waals surface area contributed by atoms with Gasteiger partial charge in [0.05, 0.1) is 12.2 Å². The molecule has 0 aromatic heterocycles. The van der Waals surface area contributed by atoms with E-state index in [1.54, 1.807) is 0 Å². The lowest BCUT2D eigenvalue weighted by Crippen LogP contribution is -2.63. The van der Waals surface area contributed by atoms with E-state index in [1.165, 1.54) is 51.4 Å². The van der Waals surface area contributed by atoms with Gasteiger partial charge >= 0.3 is 0 Å². The highest BCUT2D eigenvalue weighted by Crippen LogP contribution is 2.52. The Bertz CT molecular complexity index is 268. The molecule has 0 aromatic carbocycles. The summed E-state index contributed by atoms with van der Waals surface area (Å²) in [5, 5.41) is 3.55. The molecular weight excluding hydrogens is 234 g/mol. The van der Waals surface area contributed by atoms with Gasteiger partial charge in [-0.3, -0.25) is 0 Å². The largest absolute Gasteiger partial charge is 0.375 e. The summed E-state index contributed by atoms with van der Waals surface area (Å²) in [6, 6.07) is 0.696. The highest BCUT2D eigenvalue weighted by molar-refractivity contribution is 5.08. The van der Waals surface area contributed by atoms with Crippen LogP contribution in [0.4, 0.5) is 0 Å². The van der Waals surface area contributed by atoms with Gasteiger partial charge in [-0.2, -0.15) is 0 Å². The van der Waals surface area contributed by atoms with Crippen LogP contribution in [0.5, 0.6) is 0 Å². The van der Waals surface area contributed by atoms with Crippen LogP contribution in [-0.4, -0.2) is 25.3 Å². The SMILES string of the molecule is CNC1CC(OC(C)CC(C)C)C12CCCCCC2. The van der Waals surface area contributed by atoms with Gasteiger partial charge in [0.1, 0.15) is 0 Å². The Morgan fingerprint density at radius 3 is 2.26 bits per heavy atom. The minimum absolute atomic E-state index is 0.419. The first-order valence-corrected chi connectivity index (χ1v) is 8.41. The van der Waals surface area contributed by atoms with Crippen molar-refractivity contribution in [1.29, 1.82) is 0 Å². The topological polar surface area (TPSA) is 21.3 Å². The lowest BCUT2D eigenvalue weighted by molar-refractivity contribution is -0.167. The number of hydrogen-bond acceptors (Lipinski definition) is 2.